The molecule has 0 atom stereocenters. The highest BCUT2D eigenvalue weighted by Crippen LogP contribution is 2.29. The lowest BCUT2D eigenvalue weighted by Gasteiger charge is -2.19. The van der Waals surface area contributed by atoms with Gasteiger partial charge in [-0.25, -0.2) is 0 Å². The number of likely N-dealkylation sites (N-methyl/N-ethyl adjacent to an activating group) is 1. The van der Waals surface area contributed by atoms with E-state index in [-0.39, 0.29) is 5.91 Å². The molecule has 126 valence electrons. The van der Waals surface area contributed by atoms with Gasteiger partial charge in [-0.1, -0.05) is 24.3 Å². The predicted octanol–water partition coefficient (Wildman–Crippen LogP) is 5.08. The zero-order valence-corrected chi connectivity index (χ0v) is 13.5. The summed E-state index contributed by atoms with van der Waals surface area (Å²) in [5, 5.41) is 0. The number of anilines is 1. The minimum Gasteiger partial charge on any atom is -0.309 e. The summed E-state index contributed by atoms with van der Waals surface area (Å²) in [6.45, 7) is 4.24. The summed E-state index contributed by atoms with van der Waals surface area (Å²) >= 11 is 0. The first-order valence-corrected chi connectivity index (χ1v) is 7.55. The van der Waals surface area contributed by atoms with Crippen LogP contribution in [-0.4, -0.2) is 12.5 Å². The third kappa shape index (κ3) is 4.47. The van der Waals surface area contributed by atoms with Gasteiger partial charge in [0, 0.05) is 18.3 Å². The van der Waals surface area contributed by atoms with Gasteiger partial charge in [0.15, 0.2) is 0 Å². The molecule has 0 bridgehead atoms. The van der Waals surface area contributed by atoms with E-state index in [0.717, 1.165) is 23.4 Å². The molecule has 0 aliphatic heterocycles. The lowest BCUT2D eigenvalue weighted by atomic mass is 10.1. The lowest BCUT2D eigenvalue weighted by molar-refractivity contribution is -0.137. The van der Waals surface area contributed by atoms with E-state index in [1.54, 1.807) is 4.90 Å². The molecule has 0 saturated carbocycles. The fourth-order valence-electron chi connectivity index (χ4n) is 2.34. The number of halogens is 3. The molecule has 0 saturated heterocycles. The second-order valence-corrected chi connectivity index (χ2v) is 5.38. The summed E-state index contributed by atoms with van der Waals surface area (Å²) in [4.78, 5) is 13.9. The molecule has 24 heavy (non-hydrogen) atoms. The fraction of sp³-hybridized carbons (Fsp3) is 0.211. The van der Waals surface area contributed by atoms with Crippen LogP contribution in [0.1, 0.15) is 23.6 Å². The van der Waals surface area contributed by atoms with E-state index in [4.69, 9.17) is 0 Å². The number of benzene rings is 2. The Morgan fingerprint density at radius 3 is 2.46 bits per heavy atom. The monoisotopic (exact) mass is 333 g/mol. The van der Waals surface area contributed by atoms with Crippen LogP contribution in [0, 0.1) is 6.92 Å². The highest BCUT2D eigenvalue weighted by atomic mass is 19.4. The average Bonchev–Trinajstić information content (AvgIpc) is 2.53. The smallest absolute Gasteiger partial charge is 0.309 e. The molecule has 0 aliphatic rings. The molecule has 0 heterocycles. The van der Waals surface area contributed by atoms with E-state index in [2.05, 4.69) is 0 Å². The minimum atomic E-state index is -4.40. The molecule has 0 spiro atoms. The summed E-state index contributed by atoms with van der Waals surface area (Å²) < 4.78 is 38.1. The molecule has 0 unspecified atom stereocenters. The Morgan fingerprint density at radius 1 is 1.12 bits per heavy atom. The van der Waals surface area contributed by atoms with E-state index >= 15 is 0 Å². The van der Waals surface area contributed by atoms with E-state index in [0.29, 0.717) is 12.1 Å². The molecule has 2 nitrogen and oxygen atoms in total. The Bertz CT molecular complexity index is 750. The number of amides is 1. The van der Waals surface area contributed by atoms with E-state index in [9.17, 15) is 18.0 Å². The summed E-state index contributed by atoms with van der Waals surface area (Å²) in [6, 6.07) is 12.4. The van der Waals surface area contributed by atoms with Crippen LogP contribution in [-0.2, 0) is 11.0 Å². The molecule has 0 aromatic heterocycles. The molecular formula is C19H18F3NO. The summed E-state index contributed by atoms with van der Waals surface area (Å²) in [7, 11) is 0. The minimum absolute atomic E-state index is 0.277. The second kappa shape index (κ2) is 7.34. The van der Waals surface area contributed by atoms with Crippen LogP contribution in [0.2, 0.25) is 0 Å². The van der Waals surface area contributed by atoms with Gasteiger partial charge in [-0.05, 0) is 55.3 Å². The Morgan fingerprint density at radius 2 is 1.83 bits per heavy atom. The Labute approximate surface area is 139 Å². The van der Waals surface area contributed by atoms with Crippen molar-refractivity contribution in [1.82, 2.24) is 0 Å². The maximum Gasteiger partial charge on any atom is 0.416 e. The number of hydrogen-bond acceptors (Lipinski definition) is 1. The van der Waals surface area contributed by atoms with Gasteiger partial charge in [-0.3, -0.25) is 4.79 Å². The molecule has 1 amide bonds. The van der Waals surface area contributed by atoms with Gasteiger partial charge < -0.3 is 4.90 Å². The van der Waals surface area contributed by atoms with Crippen molar-refractivity contribution < 1.29 is 18.0 Å². The van der Waals surface area contributed by atoms with E-state index in [1.807, 2.05) is 38.1 Å². The second-order valence-electron chi connectivity index (χ2n) is 5.38. The Balaban J connectivity index is 2.20. The molecule has 0 fully saturated rings. The molecule has 2 rings (SSSR count). The SMILES string of the molecule is CCN(C(=O)/C=C/c1cccc(C(F)(F)F)c1)c1cccc(C)c1. The zero-order chi connectivity index (χ0) is 17.7. The van der Waals surface area contributed by atoms with Crippen LogP contribution < -0.4 is 4.90 Å². The fourth-order valence-corrected chi connectivity index (χ4v) is 2.34. The average molecular weight is 333 g/mol. The largest absolute Gasteiger partial charge is 0.416 e. The summed E-state index contributed by atoms with van der Waals surface area (Å²) in [6.07, 6.45) is -1.71. The van der Waals surface area contributed by atoms with Crippen LogP contribution in [0.5, 0.6) is 0 Å². The van der Waals surface area contributed by atoms with Gasteiger partial charge >= 0.3 is 6.18 Å². The number of carbonyl (C=O) groups excluding carboxylic acids is 1. The quantitative estimate of drug-likeness (QED) is 0.715. The standard InChI is InChI=1S/C19H18F3NO/c1-3-23(17-9-4-6-14(2)12-17)18(24)11-10-15-7-5-8-16(13-15)19(20,21)22/h4-13H,3H2,1-2H3/b11-10+. The van der Waals surface area contributed by atoms with Crippen molar-refractivity contribution in [3.8, 4) is 0 Å². The number of carbonyl (C=O) groups is 1. The third-order valence-corrected chi connectivity index (χ3v) is 3.53. The predicted molar refractivity (Wildman–Crippen MR) is 89.7 cm³/mol. The van der Waals surface area contributed by atoms with Gasteiger partial charge in [-0.15, -0.1) is 0 Å². The number of aryl methyl sites for hydroxylation is 1. The highest BCUT2D eigenvalue weighted by molar-refractivity contribution is 6.03. The van der Waals surface area contributed by atoms with Crippen molar-refractivity contribution in [3.05, 3.63) is 71.3 Å². The van der Waals surface area contributed by atoms with E-state index < -0.39 is 11.7 Å². The van der Waals surface area contributed by atoms with Gasteiger partial charge in [-0.2, -0.15) is 13.2 Å². The number of nitrogens with zero attached hydrogens (tertiary/aromatic N) is 1. The van der Waals surface area contributed by atoms with Gasteiger partial charge in [0.1, 0.15) is 0 Å². The maximum atomic E-state index is 12.7. The first-order valence-electron chi connectivity index (χ1n) is 7.55. The van der Waals surface area contributed by atoms with Gasteiger partial charge in [0.2, 0.25) is 0 Å². The first kappa shape index (κ1) is 17.8. The maximum absolute atomic E-state index is 12.7. The molecule has 0 aliphatic carbocycles. The Hall–Kier alpha value is -2.56. The van der Waals surface area contributed by atoms with Crippen molar-refractivity contribution >= 4 is 17.7 Å². The van der Waals surface area contributed by atoms with Crippen molar-refractivity contribution in [2.24, 2.45) is 0 Å². The van der Waals surface area contributed by atoms with Gasteiger partial charge in [0.25, 0.3) is 5.91 Å². The normalized spacial score (nSPS) is 11.7. The summed E-state index contributed by atoms with van der Waals surface area (Å²) in [5.41, 5.74) is 1.39. The lowest BCUT2D eigenvalue weighted by Crippen LogP contribution is -2.28. The van der Waals surface area contributed by atoms with Crippen LogP contribution in [0.15, 0.2) is 54.6 Å². The number of rotatable bonds is 4. The summed E-state index contributed by atoms with van der Waals surface area (Å²) in [5.74, 6) is -0.277. The van der Waals surface area contributed by atoms with Gasteiger partial charge in [0.05, 0.1) is 5.56 Å². The van der Waals surface area contributed by atoms with Crippen molar-refractivity contribution in [3.63, 3.8) is 0 Å². The first-order chi connectivity index (χ1) is 11.3. The molecular weight excluding hydrogens is 315 g/mol. The topological polar surface area (TPSA) is 20.3 Å². The number of alkyl halides is 3. The third-order valence-electron chi connectivity index (χ3n) is 3.53. The van der Waals surface area contributed by atoms with Crippen molar-refractivity contribution in [2.75, 3.05) is 11.4 Å². The molecule has 0 N–H and O–H groups in total. The van der Waals surface area contributed by atoms with Crippen LogP contribution in [0.25, 0.3) is 6.08 Å². The van der Waals surface area contributed by atoms with Crippen molar-refractivity contribution in [1.29, 1.82) is 0 Å². The molecule has 5 heteroatoms. The molecule has 2 aromatic rings. The van der Waals surface area contributed by atoms with Crippen LogP contribution >= 0.6 is 0 Å². The van der Waals surface area contributed by atoms with Crippen LogP contribution in [0.3, 0.4) is 0 Å². The zero-order valence-electron chi connectivity index (χ0n) is 13.5. The van der Waals surface area contributed by atoms with Crippen LogP contribution in [0.4, 0.5) is 18.9 Å². The molecule has 0 radical (unpaired) electrons. The van der Waals surface area contributed by atoms with E-state index in [1.165, 1.54) is 24.3 Å². The highest BCUT2D eigenvalue weighted by Gasteiger charge is 2.30. The number of hydrogen-bond donors (Lipinski definition) is 0. The Kier molecular flexibility index (Phi) is 5.44. The van der Waals surface area contributed by atoms with Crippen molar-refractivity contribution in [2.45, 2.75) is 20.0 Å². The molecule has 2 aromatic carbocycles.